The number of sulfonamides is 1. The van der Waals surface area contributed by atoms with Crippen molar-refractivity contribution in [2.75, 3.05) is 4.72 Å². The van der Waals surface area contributed by atoms with E-state index in [4.69, 9.17) is 0 Å². The summed E-state index contributed by atoms with van der Waals surface area (Å²) in [6.45, 7) is 4.33. The van der Waals surface area contributed by atoms with Gasteiger partial charge in [0.1, 0.15) is 0 Å². The van der Waals surface area contributed by atoms with Crippen molar-refractivity contribution in [3.8, 4) is 0 Å². The third-order valence-electron chi connectivity index (χ3n) is 5.91. The van der Waals surface area contributed by atoms with E-state index in [9.17, 15) is 8.42 Å². The molecule has 0 aliphatic carbocycles. The lowest BCUT2D eigenvalue weighted by molar-refractivity contribution is 0.601. The summed E-state index contributed by atoms with van der Waals surface area (Å²) in [6, 6.07) is 19.2. The van der Waals surface area contributed by atoms with Crippen LogP contribution in [0.1, 0.15) is 50.7 Å². The molecule has 0 amide bonds. The van der Waals surface area contributed by atoms with Crippen LogP contribution in [-0.2, 0) is 22.9 Å². The highest BCUT2D eigenvalue weighted by molar-refractivity contribution is 7.92. The summed E-state index contributed by atoms with van der Waals surface area (Å²) in [6.07, 6.45) is 6.75. The topological polar surface area (TPSA) is 62.0 Å². The third-order valence-corrected chi connectivity index (χ3v) is 7.30. The van der Waals surface area contributed by atoms with Crippen molar-refractivity contribution < 1.29 is 8.42 Å². The van der Waals surface area contributed by atoms with Gasteiger partial charge in [-0.15, -0.1) is 0 Å². The molecule has 4 nitrogen and oxygen atoms in total. The lowest BCUT2D eigenvalue weighted by Crippen LogP contribution is -2.12. The van der Waals surface area contributed by atoms with Gasteiger partial charge in [0.15, 0.2) is 0 Å². The monoisotopic (exact) mass is 434 g/mol. The predicted molar refractivity (Wildman–Crippen MR) is 130 cm³/mol. The molecule has 31 heavy (non-hydrogen) atoms. The quantitative estimate of drug-likeness (QED) is 0.284. The minimum atomic E-state index is -3.63. The van der Waals surface area contributed by atoms with Crippen LogP contribution in [0.3, 0.4) is 0 Å². The average Bonchev–Trinajstić information content (AvgIpc) is 3.14. The summed E-state index contributed by atoms with van der Waals surface area (Å²) >= 11 is 0. The van der Waals surface area contributed by atoms with Crippen LogP contribution in [0, 0.1) is 0 Å². The number of fused-ring (bicyclic) bond motifs is 3. The van der Waals surface area contributed by atoms with E-state index < -0.39 is 10.0 Å². The molecule has 0 radical (unpaired) electrons. The summed E-state index contributed by atoms with van der Waals surface area (Å²) in [4.78, 5) is 3.75. The number of H-pyrrole nitrogens is 1. The molecule has 162 valence electrons. The van der Waals surface area contributed by atoms with Gasteiger partial charge < -0.3 is 4.98 Å². The fourth-order valence-electron chi connectivity index (χ4n) is 4.15. The fourth-order valence-corrected chi connectivity index (χ4v) is 5.20. The van der Waals surface area contributed by atoms with E-state index in [1.165, 1.54) is 35.8 Å². The molecule has 0 atom stereocenters. The molecule has 4 rings (SSSR count). The Morgan fingerprint density at radius 1 is 0.871 bits per heavy atom. The van der Waals surface area contributed by atoms with E-state index in [0.717, 1.165) is 35.7 Å². The van der Waals surface area contributed by atoms with Crippen LogP contribution in [-0.4, -0.2) is 13.4 Å². The number of unbranched alkanes of at least 4 members (excludes halogenated alkanes) is 3. The molecule has 5 heteroatoms. The number of aromatic amines is 1. The van der Waals surface area contributed by atoms with Crippen LogP contribution in [0.5, 0.6) is 0 Å². The van der Waals surface area contributed by atoms with Crippen LogP contribution in [0.15, 0.2) is 65.6 Å². The molecule has 1 aromatic heterocycles. The SMILES string of the molecule is CCCCCCc1ccc(S(=O)(=O)Nc2ccc3c(c2)[nH]c2c(CC)cccc23)cc1. The Morgan fingerprint density at radius 3 is 2.42 bits per heavy atom. The maximum atomic E-state index is 12.9. The highest BCUT2D eigenvalue weighted by Gasteiger charge is 2.15. The number of para-hydroxylation sites is 1. The lowest BCUT2D eigenvalue weighted by atomic mass is 10.1. The fraction of sp³-hybridized carbons (Fsp3) is 0.308. The van der Waals surface area contributed by atoms with Crippen LogP contribution < -0.4 is 4.72 Å². The molecular weight excluding hydrogens is 404 g/mol. The van der Waals surface area contributed by atoms with Gasteiger partial charge in [-0.05, 0) is 54.7 Å². The highest BCUT2D eigenvalue weighted by Crippen LogP contribution is 2.30. The number of anilines is 1. The second-order valence-electron chi connectivity index (χ2n) is 8.14. The molecule has 2 N–H and O–H groups in total. The van der Waals surface area contributed by atoms with Crippen LogP contribution >= 0.6 is 0 Å². The number of aryl methyl sites for hydroxylation is 2. The van der Waals surface area contributed by atoms with Gasteiger partial charge in [0.25, 0.3) is 10.0 Å². The number of hydrogen-bond acceptors (Lipinski definition) is 2. The second kappa shape index (κ2) is 9.15. The van der Waals surface area contributed by atoms with Crippen LogP contribution in [0.4, 0.5) is 5.69 Å². The normalized spacial score (nSPS) is 11.9. The summed E-state index contributed by atoms with van der Waals surface area (Å²) in [5.74, 6) is 0. The predicted octanol–water partition coefficient (Wildman–Crippen LogP) is 6.81. The summed E-state index contributed by atoms with van der Waals surface area (Å²) in [5, 5.41) is 2.26. The van der Waals surface area contributed by atoms with Crippen molar-refractivity contribution in [2.45, 2.75) is 57.3 Å². The first-order valence-corrected chi connectivity index (χ1v) is 12.6. The van der Waals surface area contributed by atoms with Gasteiger partial charge in [-0.25, -0.2) is 8.42 Å². The summed E-state index contributed by atoms with van der Waals surface area (Å²) in [5.41, 5.74) is 5.04. The van der Waals surface area contributed by atoms with Gasteiger partial charge in [-0.1, -0.05) is 69.5 Å². The first kappa shape index (κ1) is 21.4. The van der Waals surface area contributed by atoms with Crippen molar-refractivity contribution in [3.63, 3.8) is 0 Å². The minimum Gasteiger partial charge on any atom is -0.354 e. The van der Waals surface area contributed by atoms with Gasteiger partial charge in [0.2, 0.25) is 0 Å². The van der Waals surface area contributed by atoms with E-state index in [0.29, 0.717) is 5.69 Å². The molecule has 0 aliphatic rings. The molecule has 0 spiro atoms. The third kappa shape index (κ3) is 4.62. The number of aromatic nitrogens is 1. The number of nitrogens with one attached hydrogen (secondary N) is 2. The standard InChI is InChI=1S/C26H30N2O2S/c1-3-5-6-7-9-19-12-15-22(16-13-19)31(29,30)28-21-14-17-23-24-11-8-10-20(4-2)26(24)27-25(23)18-21/h8,10-18,27-28H,3-7,9H2,1-2H3. The number of hydrogen-bond donors (Lipinski definition) is 2. The molecule has 0 bridgehead atoms. The highest BCUT2D eigenvalue weighted by atomic mass is 32.2. The van der Waals surface area contributed by atoms with Crippen LogP contribution in [0.25, 0.3) is 21.8 Å². The Bertz CT molecular complexity index is 1290. The van der Waals surface area contributed by atoms with Crippen LogP contribution in [0.2, 0.25) is 0 Å². The molecule has 1 heterocycles. The first-order chi connectivity index (χ1) is 15.0. The minimum absolute atomic E-state index is 0.287. The zero-order chi connectivity index (χ0) is 21.8. The Labute approximate surface area is 184 Å². The first-order valence-electron chi connectivity index (χ1n) is 11.2. The molecule has 3 aromatic carbocycles. The zero-order valence-electron chi connectivity index (χ0n) is 18.2. The van der Waals surface area contributed by atoms with Crippen molar-refractivity contribution >= 4 is 37.5 Å². The van der Waals surface area contributed by atoms with Crippen molar-refractivity contribution in [1.29, 1.82) is 0 Å². The maximum absolute atomic E-state index is 12.9. The average molecular weight is 435 g/mol. The lowest BCUT2D eigenvalue weighted by Gasteiger charge is -2.09. The molecule has 0 fully saturated rings. The van der Waals surface area contributed by atoms with E-state index in [1.54, 1.807) is 12.1 Å². The Kier molecular flexibility index (Phi) is 6.33. The molecular formula is C26H30N2O2S. The van der Waals surface area contributed by atoms with Gasteiger partial charge in [0, 0.05) is 21.8 Å². The largest absolute Gasteiger partial charge is 0.354 e. The van der Waals surface area contributed by atoms with Gasteiger partial charge in [0.05, 0.1) is 10.6 Å². The maximum Gasteiger partial charge on any atom is 0.261 e. The Hall–Kier alpha value is -2.79. The Morgan fingerprint density at radius 2 is 1.68 bits per heavy atom. The van der Waals surface area contributed by atoms with E-state index >= 15 is 0 Å². The van der Waals surface area contributed by atoms with E-state index in [-0.39, 0.29) is 4.90 Å². The number of rotatable bonds is 9. The molecule has 0 aliphatic heterocycles. The van der Waals surface area contributed by atoms with Gasteiger partial charge >= 0.3 is 0 Å². The van der Waals surface area contributed by atoms with Crippen molar-refractivity contribution in [2.24, 2.45) is 0 Å². The Balaban J connectivity index is 1.54. The second-order valence-corrected chi connectivity index (χ2v) is 9.82. The van der Waals surface area contributed by atoms with E-state index in [1.807, 2.05) is 30.3 Å². The molecule has 0 saturated heterocycles. The van der Waals surface area contributed by atoms with Gasteiger partial charge in [-0.3, -0.25) is 4.72 Å². The van der Waals surface area contributed by atoms with Crippen molar-refractivity contribution in [1.82, 2.24) is 4.98 Å². The zero-order valence-corrected chi connectivity index (χ0v) is 19.1. The molecule has 0 unspecified atom stereocenters. The van der Waals surface area contributed by atoms with Crippen molar-refractivity contribution in [3.05, 3.63) is 71.8 Å². The van der Waals surface area contributed by atoms with E-state index in [2.05, 4.69) is 41.8 Å². The summed E-state index contributed by atoms with van der Waals surface area (Å²) < 4.78 is 28.5. The summed E-state index contributed by atoms with van der Waals surface area (Å²) in [7, 11) is -3.63. The molecule has 0 saturated carbocycles. The number of benzene rings is 3. The smallest absolute Gasteiger partial charge is 0.261 e. The molecule has 4 aromatic rings. The van der Waals surface area contributed by atoms with Gasteiger partial charge in [-0.2, -0.15) is 0 Å².